The van der Waals surface area contributed by atoms with Gasteiger partial charge in [0.1, 0.15) is 5.75 Å². The summed E-state index contributed by atoms with van der Waals surface area (Å²) in [5.74, 6) is -0.347. The van der Waals surface area contributed by atoms with Crippen molar-refractivity contribution in [1.82, 2.24) is 4.57 Å². The van der Waals surface area contributed by atoms with Gasteiger partial charge in [-0.25, -0.2) is 9.79 Å². The van der Waals surface area contributed by atoms with Crippen molar-refractivity contribution >= 4 is 29.1 Å². The highest BCUT2D eigenvalue weighted by Gasteiger charge is 2.35. The highest BCUT2D eigenvalue weighted by atomic mass is 32.1. The maximum atomic E-state index is 13.9. The summed E-state index contributed by atoms with van der Waals surface area (Å²) in [5.41, 5.74) is -0.771. The van der Waals surface area contributed by atoms with Crippen molar-refractivity contribution in [2.45, 2.75) is 26.1 Å². The molecule has 3 aromatic carbocycles. The number of fused-ring (bicyclic) bond motifs is 1. The van der Waals surface area contributed by atoms with Crippen molar-refractivity contribution in [3.63, 3.8) is 0 Å². The molecule has 15 heteroatoms. The molecule has 0 aliphatic carbocycles. The molecular weight excluding hydrogens is 643 g/mol. The van der Waals surface area contributed by atoms with Gasteiger partial charge in [-0.05, 0) is 67.4 Å². The molecule has 5 rings (SSSR count). The Labute approximate surface area is 268 Å². The largest absolute Gasteiger partial charge is 0.497 e. The number of halogens is 3. The average molecular weight is 670 g/mol. The Bertz CT molecular complexity index is 2090. The monoisotopic (exact) mass is 669 g/mol. The van der Waals surface area contributed by atoms with Gasteiger partial charge in [-0.3, -0.25) is 19.5 Å². The van der Waals surface area contributed by atoms with E-state index < -0.39 is 45.7 Å². The summed E-state index contributed by atoms with van der Waals surface area (Å²) in [4.78, 5) is 42.4. The molecule has 0 radical (unpaired) electrons. The topological polar surface area (TPSA) is 131 Å². The zero-order valence-corrected chi connectivity index (χ0v) is 26.1. The first-order chi connectivity index (χ1) is 22.4. The van der Waals surface area contributed by atoms with Crippen molar-refractivity contribution in [3.05, 3.63) is 118 Å². The van der Waals surface area contributed by atoms with Crippen LogP contribution < -0.4 is 29.1 Å². The minimum Gasteiger partial charge on any atom is -0.497 e. The number of alkyl halides is 3. The number of allylic oxidation sites excluding steroid dienone is 1. The first-order valence-corrected chi connectivity index (χ1v) is 14.7. The second-order valence-electron chi connectivity index (χ2n) is 10.0. The molecule has 0 spiro atoms. The molecule has 0 amide bonds. The van der Waals surface area contributed by atoms with Crippen molar-refractivity contribution in [3.8, 4) is 23.0 Å². The lowest BCUT2D eigenvalue weighted by Gasteiger charge is -2.24. The molecule has 0 N–H and O–H groups in total. The predicted molar refractivity (Wildman–Crippen MR) is 165 cm³/mol. The van der Waals surface area contributed by atoms with Crippen LogP contribution in [0.15, 0.2) is 81.7 Å². The van der Waals surface area contributed by atoms with Gasteiger partial charge in [0.25, 0.3) is 5.56 Å². The number of benzene rings is 3. The molecule has 1 unspecified atom stereocenters. The van der Waals surface area contributed by atoms with Crippen LogP contribution in [0.2, 0.25) is 0 Å². The number of esters is 1. The molecule has 0 saturated carbocycles. The van der Waals surface area contributed by atoms with Crippen LogP contribution >= 0.6 is 11.3 Å². The Kier molecular flexibility index (Phi) is 9.19. The third-order valence-electron chi connectivity index (χ3n) is 7.14. The van der Waals surface area contributed by atoms with Gasteiger partial charge in [0, 0.05) is 6.07 Å². The SMILES string of the molecule is CCOC(=O)C1=C(C)N=c2s/c(=C\c3ccc(Oc4ccc(C(F)(F)F)cc4[N+](=O)[O-])c(OC)c3)c(=O)n2C1c1ccc(OC)cc1. The second-order valence-corrected chi connectivity index (χ2v) is 11.0. The van der Waals surface area contributed by atoms with Gasteiger partial charge in [0.05, 0.1) is 53.2 Å². The fourth-order valence-corrected chi connectivity index (χ4v) is 5.99. The quantitative estimate of drug-likeness (QED) is 0.129. The minimum absolute atomic E-state index is 0.0109. The smallest absolute Gasteiger partial charge is 0.416 e. The van der Waals surface area contributed by atoms with E-state index in [9.17, 15) is 32.9 Å². The number of carbonyl (C=O) groups is 1. The maximum absolute atomic E-state index is 13.9. The second kappa shape index (κ2) is 13.1. The lowest BCUT2D eigenvalue weighted by Crippen LogP contribution is -2.39. The number of rotatable bonds is 9. The number of thiazole rings is 1. The Balaban J connectivity index is 1.56. The van der Waals surface area contributed by atoms with Crippen LogP contribution in [0.3, 0.4) is 0 Å². The standard InChI is InChI=1S/C32H26F3N3O8S/c1-5-45-30(40)27-17(2)36-31-37(28(27)19-7-10-21(43-3)11-8-19)29(39)26(47-31)15-18-6-12-24(25(14-18)44-4)46-23-13-9-20(32(33,34)35)16-22(23)38(41)42/h6-16,28H,5H2,1-4H3/b26-15-. The van der Waals surface area contributed by atoms with Crippen molar-refractivity contribution < 1.29 is 41.8 Å². The van der Waals surface area contributed by atoms with Gasteiger partial charge in [0.15, 0.2) is 16.3 Å². The fraction of sp³-hybridized carbons (Fsp3) is 0.219. The van der Waals surface area contributed by atoms with E-state index in [-0.39, 0.29) is 28.2 Å². The number of methoxy groups -OCH3 is 2. The molecule has 0 bridgehead atoms. The molecule has 1 aromatic heterocycles. The molecule has 2 heterocycles. The highest BCUT2D eigenvalue weighted by Crippen LogP contribution is 2.40. The minimum atomic E-state index is -4.78. The molecule has 0 saturated heterocycles. The number of nitro benzene ring substituents is 1. The van der Waals surface area contributed by atoms with Gasteiger partial charge in [-0.1, -0.05) is 29.5 Å². The van der Waals surface area contributed by atoms with Crippen LogP contribution in [0.4, 0.5) is 18.9 Å². The summed E-state index contributed by atoms with van der Waals surface area (Å²) in [7, 11) is 2.84. The summed E-state index contributed by atoms with van der Waals surface area (Å²) < 4.78 is 62.7. The number of hydrogen-bond acceptors (Lipinski definition) is 10. The lowest BCUT2D eigenvalue weighted by atomic mass is 9.96. The number of hydrogen-bond donors (Lipinski definition) is 0. The lowest BCUT2D eigenvalue weighted by molar-refractivity contribution is -0.385. The molecule has 4 aromatic rings. The Morgan fingerprint density at radius 2 is 1.74 bits per heavy atom. The fourth-order valence-electron chi connectivity index (χ4n) is 4.94. The summed E-state index contributed by atoms with van der Waals surface area (Å²) in [6, 6.07) is 12.5. The first-order valence-electron chi connectivity index (χ1n) is 13.9. The maximum Gasteiger partial charge on any atom is 0.416 e. The van der Waals surface area contributed by atoms with Gasteiger partial charge in [0.2, 0.25) is 5.75 Å². The van der Waals surface area contributed by atoms with Gasteiger partial charge >= 0.3 is 17.8 Å². The molecule has 1 atom stereocenters. The van der Waals surface area contributed by atoms with Crippen LogP contribution in [0.25, 0.3) is 6.08 Å². The zero-order valence-electron chi connectivity index (χ0n) is 25.3. The van der Waals surface area contributed by atoms with Crippen LogP contribution in [0, 0.1) is 10.1 Å². The van der Waals surface area contributed by atoms with E-state index in [4.69, 9.17) is 18.9 Å². The van der Waals surface area contributed by atoms with Crippen LogP contribution in [0.5, 0.6) is 23.0 Å². The molecule has 47 heavy (non-hydrogen) atoms. The zero-order chi connectivity index (χ0) is 34.0. The van der Waals surface area contributed by atoms with E-state index in [1.54, 1.807) is 50.3 Å². The van der Waals surface area contributed by atoms with E-state index in [2.05, 4.69) is 4.99 Å². The van der Waals surface area contributed by atoms with E-state index in [1.807, 2.05) is 0 Å². The molecule has 244 valence electrons. The predicted octanol–water partition coefficient (Wildman–Crippen LogP) is 5.53. The summed E-state index contributed by atoms with van der Waals surface area (Å²) >= 11 is 1.10. The van der Waals surface area contributed by atoms with Gasteiger partial charge < -0.3 is 18.9 Å². The Morgan fingerprint density at radius 3 is 2.36 bits per heavy atom. The first kappa shape index (κ1) is 32.9. The third-order valence-corrected chi connectivity index (χ3v) is 8.12. The molecular formula is C32H26F3N3O8S. The van der Waals surface area contributed by atoms with E-state index in [1.165, 1.54) is 30.9 Å². The van der Waals surface area contributed by atoms with E-state index in [0.717, 1.165) is 17.4 Å². The van der Waals surface area contributed by atoms with Crippen molar-refractivity contribution in [2.75, 3.05) is 20.8 Å². The molecule has 0 fully saturated rings. The molecule has 1 aliphatic heterocycles. The summed E-state index contributed by atoms with van der Waals surface area (Å²) in [6.07, 6.45) is -3.21. The normalized spacial score (nSPS) is 14.7. The number of nitro groups is 1. The van der Waals surface area contributed by atoms with Gasteiger partial charge in [-0.15, -0.1) is 0 Å². The summed E-state index contributed by atoms with van der Waals surface area (Å²) in [6.45, 7) is 3.48. The average Bonchev–Trinajstić information content (AvgIpc) is 3.34. The third kappa shape index (κ3) is 6.60. The van der Waals surface area contributed by atoms with E-state index in [0.29, 0.717) is 39.5 Å². The van der Waals surface area contributed by atoms with Gasteiger partial charge in [-0.2, -0.15) is 13.2 Å². The molecule has 1 aliphatic rings. The number of ether oxygens (including phenoxy) is 4. The Morgan fingerprint density at radius 1 is 1.04 bits per heavy atom. The summed E-state index contributed by atoms with van der Waals surface area (Å²) in [5, 5.41) is 11.5. The number of carbonyl (C=O) groups excluding carboxylic acids is 1. The van der Waals surface area contributed by atoms with Crippen LogP contribution in [0.1, 0.15) is 36.6 Å². The number of aromatic nitrogens is 1. The van der Waals surface area contributed by atoms with E-state index >= 15 is 0 Å². The van der Waals surface area contributed by atoms with Crippen LogP contribution in [-0.4, -0.2) is 36.3 Å². The Hall–Kier alpha value is -5.44. The van der Waals surface area contributed by atoms with Crippen molar-refractivity contribution in [2.24, 2.45) is 4.99 Å². The molecule has 11 nitrogen and oxygen atoms in total. The number of nitrogens with zero attached hydrogens (tertiary/aromatic N) is 3. The van der Waals surface area contributed by atoms with Crippen LogP contribution in [-0.2, 0) is 15.7 Å². The van der Waals surface area contributed by atoms with Crippen molar-refractivity contribution in [1.29, 1.82) is 0 Å². The highest BCUT2D eigenvalue weighted by molar-refractivity contribution is 7.07.